The summed E-state index contributed by atoms with van der Waals surface area (Å²) in [6.07, 6.45) is 1.11. The van der Waals surface area contributed by atoms with Gasteiger partial charge in [0.05, 0.1) is 17.1 Å². The van der Waals surface area contributed by atoms with E-state index in [0.717, 1.165) is 55.5 Å². The fourth-order valence-corrected chi connectivity index (χ4v) is 4.17. The van der Waals surface area contributed by atoms with Gasteiger partial charge in [-0.15, -0.1) is 0 Å². The molecule has 6 nitrogen and oxygen atoms in total. The number of amides is 1. The molecule has 1 aliphatic heterocycles. The average molecular weight is 432 g/mol. The molecule has 3 rings (SSSR count). The maximum atomic E-state index is 12.8. The Morgan fingerprint density at radius 3 is 2.57 bits per heavy atom. The van der Waals surface area contributed by atoms with E-state index in [1.807, 2.05) is 25.1 Å². The Bertz CT molecular complexity index is 884. The maximum absolute atomic E-state index is 12.8. The number of likely N-dealkylation sites (N-methyl/N-ethyl adjacent to an activating group) is 1. The lowest BCUT2D eigenvalue weighted by atomic mass is 10.1. The predicted molar refractivity (Wildman–Crippen MR) is 125 cm³/mol. The van der Waals surface area contributed by atoms with E-state index in [-0.39, 0.29) is 5.91 Å². The van der Waals surface area contributed by atoms with Crippen molar-refractivity contribution in [3.63, 3.8) is 0 Å². The standard InChI is InChI=1S/C23H34ClN5O/c1-16(2)15-29-18(4)20(17(3)26-29)7-9-23(30)25-21-14-19(24)6-8-22(21)28-12-10-27(5)11-13-28/h6,8,14,16H,7,9-13,15H2,1-5H3,(H,25,30). The van der Waals surface area contributed by atoms with Crippen LogP contribution in [-0.2, 0) is 17.8 Å². The summed E-state index contributed by atoms with van der Waals surface area (Å²) in [7, 11) is 2.13. The number of benzene rings is 1. The van der Waals surface area contributed by atoms with Gasteiger partial charge in [-0.2, -0.15) is 5.10 Å². The molecule has 0 saturated carbocycles. The highest BCUT2D eigenvalue weighted by Gasteiger charge is 2.19. The van der Waals surface area contributed by atoms with Gasteiger partial charge < -0.3 is 15.1 Å². The van der Waals surface area contributed by atoms with E-state index in [1.165, 1.54) is 5.56 Å². The van der Waals surface area contributed by atoms with E-state index in [9.17, 15) is 4.79 Å². The van der Waals surface area contributed by atoms with Gasteiger partial charge in [-0.25, -0.2) is 0 Å². The van der Waals surface area contributed by atoms with Crippen LogP contribution in [-0.4, -0.2) is 53.8 Å². The second kappa shape index (κ2) is 9.84. The Morgan fingerprint density at radius 2 is 1.90 bits per heavy atom. The molecule has 1 N–H and O–H groups in total. The van der Waals surface area contributed by atoms with Gasteiger partial charge in [-0.05, 0) is 57.0 Å². The molecule has 1 aromatic carbocycles. The van der Waals surface area contributed by atoms with Crippen molar-refractivity contribution in [3.8, 4) is 0 Å². The number of halogens is 1. The van der Waals surface area contributed by atoms with Crippen LogP contribution in [0.15, 0.2) is 18.2 Å². The van der Waals surface area contributed by atoms with Crippen LogP contribution in [0.4, 0.5) is 11.4 Å². The Kier molecular flexibility index (Phi) is 7.42. The Balaban J connectivity index is 1.67. The van der Waals surface area contributed by atoms with Gasteiger partial charge >= 0.3 is 0 Å². The highest BCUT2D eigenvalue weighted by molar-refractivity contribution is 6.31. The number of nitrogens with one attached hydrogen (secondary N) is 1. The molecule has 0 atom stereocenters. The molecule has 164 valence electrons. The quantitative estimate of drug-likeness (QED) is 0.716. The summed E-state index contributed by atoms with van der Waals surface area (Å²) in [4.78, 5) is 17.4. The minimum atomic E-state index is 0.00283. The van der Waals surface area contributed by atoms with Crippen LogP contribution in [0.1, 0.15) is 37.2 Å². The summed E-state index contributed by atoms with van der Waals surface area (Å²) in [6, 6.07) is 5.75. The van der Waals surface area contributed by atoms with Crippen molar-refractivity contribution in [3.05, 3.63) is 40.2 Å². The summed E-state index contributed by atoms with van der Waals surface area (Å²) in [5.41, 5.74) is 5.19. The molecule has 1 amide bonds. The number of carbonyl (C=O) groups excluding carboxylic acids is 1. The number of hydrogen-bond donors (Lipinski definition) is 1. The first-order chi connectivity index (χ1) is 14.2. The summed E-state index contributed by atoms with van der Waals surface area (Å²) < 4.78 is 2.07. The lowest BCUT2D eigenvalue weighted by Crippen LogP contribution is -2.44. The average Bonchev–Trinajstić information content (AvgIpc) is 2.93. The molecular formula is C23H34ClN5O. The number of aryl methyl sites for hydroxylation is 1. The van der Waals surface area contributed by atoms with Crippen LogP contribution in [0.25, 0.3) is 0 Å². The van der Waals surface area contributed by atoms with Gasteiger partial charge in [-0.1, -0.05) is 25.4 Å². The zero-order chi connectivity index (χ0) is 21.8. The van der Waals surface area contributed by atoms with Gasteiger partial charge in [0.2, 0.25) is 5.91 Å². The molecule has 0 unspecified atom stereocenters. The Labute approximate surface area is 185 Å². The van der Waals surface area contributed by atoms with E-state index >= 15 is 0 Å². The van der Waals surface area contributed by atoms with Crippen LogP contribution < -0.4 is 10.2 Å². The molecule has 1 aromatic heterocycles. The summed E-state index contributed by atoms with van der Waals surface area (Å²) in [5.74, 6) is 0.540. The molecule has 0 aliphatic carbocycles. The number of carbonyl (C=O) groups is 1. The fourth-order valence-electron chi connectivity index (χ4n) is 4.00. The molecule has 2 aromatic rings. The molecule has 0 radical (unpaired) electrons. The first kappa shape index (κ1) is 22.6. The zero-order valence-electron chi connectivity index (χ0n) is 18.8. The minimum absolute atomic E-state index is 0.00283. The third kappa shape index (κ3) is 5.55. The van der Waals surface area contributed by atoms with Crippen LogP contribution in [0.2, 0.25) is 5.02 Å². The van der Waals surface area contributed by atoms with Crippen molar-refractivity contribution >= 4 is 28.9 Å². The second-order valence-corrected chi connectivity index (χ2v) is 9.16. The van der Waals surface area contributed by atoms with Crippen molar-refractivity contribution in [2.45, 2.75) is 47.1 Å². The van der Waals surface area contributed by atoms with Crippen molar-refractivity contribution in [2.24, 2.45) is 5.92 Å². The van der Waals surface area contributed by atoms with E-state index in [1.54, 1.807) is 0 Å². The van der Waals surface area contributed by atoms with E-state index < -0.39 is 0 Å². The maximum Gasteiger partial charge on any atom is 0.224 e. The van der Waals surface area contributed by atoms with E-state index in [0.29, 0.717) is 23.8 Å². The molecule has 2 heterocycles. The first-order valence-corrected chi connectivity index (χ1v) is 11.2. The number of hydrogen-bond acceptors (Lipinski definition) is 4. The summed E-state index contributed by atoms with van der Waals surface area (Å²) in [6.45, 7) is 13.3. The van der Waals surface area contributed by atoms with Crippen molar-refractivity contribution in [1.29, 1.82) is 0 Å². The second-order valence-electron chi connectivity index (χ2n) is 8.73. The molecule has 0 bridgehead atoms. The van der Waals surface area contributed by atoms with Crippen molar-refractivity contribution in [2.75, 3.05) is 43.4 Å². The van der Waals surface area contributed by atoms with Crippen LogP contribution in [0.3, 0.4) is 0 Å². The van der Waals surface area contributed by atoms with Gasteiger partial charge in [0.25, 0.3) is 0 Å². The Morgan fingerprint density at radius 1 is 1.20 bits per heavy atom. The molecule has 30 heavy (non-hydrogen) atoms. The third-order valence-corrected chi connectivity index (χ3v) is 5.98. The number of piperazine rings is 1. The third-order valence-electron chi connectivity index (χ3n) is 5.75. The fraction of sp³-hybridized carbons (Fsp3) is 0.565. The molecular weight excluding hydrogens is 398 g/mol. The molecule has 1 aliphatic rings. The Hall–Kier alpha value is -2.05. The lowest BCUT2D eigenvalue weighted by molar-refractivity contribution is -0.116. The number of aromatic nitrogens is 2. The molecule has 0 spiro atoms. The van der Waals surface area contributed by atoms with Gasteiger partial charge in [0, 0.05) is 49.9 Å². The SMILES string of the molecule is Cc1nn(CC(C)C)c(C)c1CCC(=O)Nc1cc(Cl)ccc1N1CCN(C)CC1. The first-order valence-electron chi connectivity index (χ1n) is 10.8. The van der Waals surface area contributed by atoms with Gasteiger partial charge in [-0.3, -0.25) is 9.48 Å². The zero-order valence-corrected chi connectivity index (χ0v) is 19.6. The lowest BCUT2D eigenvalue weighted by Gasteiger charge is -2.35. The summed E-state index contributed by atoms with van der Waals surface area (Å²) in [5, 5.41) is 8.39. The topological polar surface area (TPSA) is 53.4 Å². The van der Waals surface area contributed by atoms with Crippen LogP contribution in [0.5, 0.6) is 0 Å². The molecule has 1 saturated heterocycles. The van der Waals surface area contributed by atoms with Crippen molar-refractivity contribution < 1.29 is 4.79 Å². The highest BCUT2D eigenvalue weighted by Crippen LogP contribution is 2.30. The van der Waals surface area contributed by atoms with Gasteiger partial charge in [0.1, 0.15) is 0 Å². The number of anilines is 2. The summed E-state index contributed by atoms with van der Waals surface area (Å²) >= 11 is 6.23. The highest BCUT2D eigenvalue weighted by atomic mass is 35.5. The monoisotopic (exact) mass is 431 g/mol. The van der Waals surface area contributed by atoms with Gasteiger partial charge in [0.15, 0.2) is 0 Å². The smallest absolute Gasteiger partial charge is 0.224 e. The van der Waals surface area contributed by atoms with E-state index in [2.05, 4.69) is 52.7 Å². The van der Waals surface area contributed by atoms with Crippen molar-refractivity contribution in [1.82, 2.24) is 14.7 Å². The normalized spacial score (nSPS) is 15.1. The minimum Gasteiger partial charge on any atom is -0.367 e. The molecule has 7 heteroatoms. The van der Waals surface area contributed by atoms with Crippen LogP contribution >= 0.6 is 11.6 Å². The number of rotatable bonds is 7. The number of nitrogens with zero attached hydrogens (tertiary/aromatic N) is 4. The largest absolute Gasteiger partial charge is 0.367 e. The molecule has 1 fully saturated rings. The van der Waals surface area contributed by atoms with E-state index in [4.69, 9.17) is 11.6 Å². The van der Waals surface area contributed by atoms with Crippen LogP contribution in [0, 0.1) is 19.8 Å². The predicted octanol–water partition coefficient (Wildman–Crippen LogP) is 4.13.